The summed E-state index contributed by atoms with van der Waals surface area (Å²) in [6.07, 6.45) is 0. The summed E-state index contributed by atoms with van der Waals surface area (Å²) in [4.78, 5) is 2.38. The highest BCUT2D eigenvalue weighted by Crippen LogP contribution is 2.45. The van der Waals surface area contributed by atoms with E-state index in [4.69, 9.17) is 0 Å². The molecular weight excluding hydrogens is 644 g/mol. The highest BCUT2D eigenvalue weighted by atomic mass is 79.9. The van der Waals surface area contributed by atoms with Gasteiger partial charge in [0.05, 0.1) is 16.7 Å². The maximum Gasteiger partial charge on any atom is 0.0561 e. The minimum atomic E-state index is 1.07. The maximum absolute atomic E-state index is 3.83. The number of nitrogens with zero attached hydrogens (tertiary/aromatic N) is 2. The van der Waals surface area contributed by atoms with E-state index in [-0.39, 0.29) is 0 Å². The highest BCUT2D eigenvalue weighted by molar-refractivity contribution is 9.10. The molecule has 9 rings (SSSR count). The van der Waals surface area contributed by atoms with Crippen LogP contribution < -0.4 is 4.90 Å². The molecule has 0 saturated heterocycles. The van der Waals surface area contributed by atoms with E-state index in [1.165, 1.54) is 42.0 Å². The molecule has 0 fully saturated rings. The first-order valence-corrected chi connectivity index (χ1v) is 17.0. The van der Waals surface area contributed by atoms with Gasteiger partial charge in [-0.15, -0.1) is 11.3 Å². The van der Waals surface area contributed by atoms with Crippen molar-refractivity contribution in [3.05, 3.63) is 168 Å². The second kappa shape index (κ2) is 11.0. The Balaban J connectivity index is 1.34. The summed E-state index contributed by atoms with van der Waals surface area (Å²) in [6, 6.07) is 59.0. The predicted molar refractivity (Wildman–Crippen MR) is 201 cm³/mol. The number of thiophene rings is 1. The van der Waals surface area contributed by atoms with E-state index in [9.17, 15) is 0 Å². The molecule has 7 aromatic carbocycles. The van der Waals surface area contributed by atoms with Crippen LogP contribution in [0.5, 0.6) is 0 Å². The Hall–Kier alpha value is -5.16. The second-order valence-corrected chi connectivity index (χ2v) is 13.4. The summed E-state index contributed by atoms with van der Waals surface area (Å²) in [7, 11) is 0. The maximum atomic E-state index is 3.83. The van der Waals surface area contributed by atoms with Crippen molar-refractivity contribution in [1.82, 2.24) is 4.57 Å². The number of hydrogen-bond acceptors (Lipinski definition) is 2. The summed E-state index contributed by atoms with van der Waals surface area (Å²) in [5.41, 5.74) is 9.20. The van der Waals surface area contributed by atoms with E-state index in [0.717, 1.165) is 38.3 Å². The van der Waals surface area contributed by atoms with Gasteiger partial charge >= 0.3 is 0 Å². The SMILES string of the molecule is Brc1ccccc1-c1ccccc1N(c1ccccc1)c1ccc2c3cc4sc5ccccc5c4cc3n(-c3ccccc3)c2c1. The Morgan fingerprint density at radius 3 is 1.96 bits per heavy atom. The lowest BCUT2D eigenvalue weighted by Gasteiger charge is -2.28. The molecule has 0 aliphatic rings. The molecule has 0 amide bonds. The summed E-state index contributed by atoms with van der Waals surface area (Å²) >= 11 is 5.70. The zero-order chi connectivity index (χ0) is 30.6. The van der Waals surface area contributed by atoms with Crippen molar-refractivity contribution in [2.45, 2.75) is 0 Å². The number of benzene rings is 7. The molecule has 218 valence electrons. The molecule has 0 saturated carbocycles. The van der Waals surface area contributed by atoms with E-state index >= 15 is 0 Å². The standard InChI is InChI=1S/C42H27BrN2S/c43-37-20-10-7-17-31(37)32-18-8-11-21-38(32)44(28-13-3-1-4-14-28)30-23-24-33-35-27-42-36(34-19-9-12-22-41(34)46-42)26-40(35)45(39(33)25-30)29-15-5-2-6-16-29/h1-27H. The molecule has 4 heteroatoms. The molecule has 0 aliphatic heterocycles. The van der Waals surface area contributed by atoms with Crippen LogP contribution in [0.4, 0.5) is 17.1 Å². The molecule has 0 radical (unpaired) electrons. The predicted octanol–water partition coefficient (Wildman–Crippen LogP) is 13.1. The zero-order valence-electron chi connectivity index (χ0n) is 24.8. The summed E-state index contributed by atoms with van der Waals surface area (Å²) in [5, 5.41) is 5.13. The van der Waals surface area contributed by atoms with Gasteiger partial charge in [0.25, 0.3) is 0 Å². The first-order chi connectivity index (χ1) is 22.7. The largest absolute Gasteiger partial charge is 0.310 e. The van der Waals surface area contributed by atoms with Gasteiger partial charge in [-0.1, -0.05) is 113 Å². The van der Waals surface area contributed by atoms with Crippen LogP contribution in [-0.2, 0) is 0 Å². The van der Waals surface area contributed by atoms with Gasteiger partial charge in [0.2, 0.25) is 0 Å². The summed E-state index contributed by atoms with van der Waals surface area (Å²) in [6.45, 7) is 0. The van der Waals surface area contributed by atoms with Gasteiger partial charge < -0.3 is 9.47 Å². The molecule has 2 heterocycles. The average Bonchev–Trinajstić information content (AvgIpc) is 3.63. The van der Waals surface area contributed by atoms with E-state index < -0.39 is 0 Å². The van der Waals surface area contributed by atoms with Gasteiger partial charge in [0.1, 0.15) is 0 Å². The molecule has 0 bridgehead atoms. The van der Waals surface area contributed by atoms with Crippen molar-refractivity contribution in [2.75, 3.05) is 4.90 Å². The molecule has 2 aromatic heterocycles. The molecule has 46 heavy (non-hydrogen) atoms. The van der Waals surface area contributed by atoms with Gasteiger partial charge in [-0.05, 0) is 72.3 Å². The lowest BCUT2D eigenvalue weighted by Crippen LogP contribution is -2.11. The van der Waals surface area contributed by atoms with Crippen molar-refractivity contribution in [1.29, 1.82) is 0 Å². The van der Waals surface area contributed by atoms with Crippen molar-refractivity contribution < 1.29 is 0 Å². The Bertz CT molecular complexity index is 2550. The van der Waals surface area contributed by atoms with E-state index in [0.29, 0.717) is 0 Å². The fraction of sp³-hybridized carbons (Fsp3) is 0. The number of aromatic nitrogens is 1. The van der Waals surface area contributed by atoms with Gasteiger partial charge in [0, 0.05) is 58.0 Å². The summed E-state index contributed by atoms with van der Waals surface area (Å²) < 4.78 is 6.15. The Kier molecular flexibility index (Phi) is 6.51. The van der Waals surface area contributed by atoms with Crippen LogP contribution in [0.2, 0.25) is 0 Å². The summed E-state index contributed by atoms with van der Waals surface area (Å²) in [5.74, 6) is 0. The molecule has 2 nitrogen and oxygen atoms in total. The van der Waals surface area contributed by atoms with Gasteiger partial charge in [-0.25, -0.2) is 0 Å². The fourth-order valence-corrected chi connectivity index (χ4v) is 8.42. The number of fused-ring (bicyclic) bond motifs is 6. The zero-order valence-corrected chi connectivity index (χ0v) is 27.2. The number of anilines is 3. The molecule has 0 spiro atoms. The van der Waals surface area contributed by atoms with E-state index in [1.54, 1.807) is 0 Å². The quantitative estimate of drug-likeness (QED) is 0.177. The number of hydrogen-bond donors (Lipinski definition) is 0. The minimum absolute atomic E-state index is 1.07. The van der Waals surface area contributed by atoms with Crippen LogP contribution in [-0.4, -0.2) is 4.57 Å². The van der Waals surface area contributed by atoms with Crippen molar-refractivity contribution >= 4 is 86.3 Å². The number of halogens is 1. The number of rotatable bonds is 5. The number of para-hydroxylation sites is 3. The second-order valence-electron chi connectivity index (χ2n) is 11.5. The fourth-order valence-electron chi connectivity index (χ4n) is 6.80. The van der Waals surface area contributed by atoms with E-state index in [2.05, 4.69) is 189 Å². The van der Waals surface area contributed by atoms with Crippen LogP contribution >= 0.6 is 27.3 Å². The normalized spacial score (nSPS) is 11.6. The van der Waals surface area contributed by atoms with Gasteiger partial charge in [-0.3, -0.25) is 0 Å². The average molecular weight is 672 g/mol. The Morgan fingerprint density at radius 2 is 1.13 bits per heavy atom. The Morgan fingerprint density at radius 1 is 0.457 bits per heavy atom. The third kappa shape index (κ3) is 4.37. The minimum Gasteiger partial charge on any atom is -0.310 e. The molecule has 0 unspecified atom stereocenters. The van der Waals surface area contributed by atoms with Crippen molar-refractivity contribution in [3.8, 4) is 16.8 Å². The van der Waals surface area contributed by atoms with Crippen molar-refractivity contribution in [2.24, 2.45) is 0 Å². The highest BCUT2D eigenvalue weighted by Gasteiger charge is 2.21. The lowest BCUT2D eigenvalue weighted by atomic mass is 10.0. The van der Waals surface area contributed by atoms with Crippen LogP contribution in [0.3, 0.4) is 0 Å². The molecule has 0 atom stereocenters. The molecular formula is C42H27BrN2S. The molecule has 0 aliphatic carbocycles. The Labute approximate surface area is 279 Å². The molecule has 0 N–H and O–H groups in total. The lowest BCUT2D eigenvalue weighted by molar-refractivity contribution is 1.18. The van der Waals surface area contributed by atoms with Crippen LogP contribution in [0, 0.1) is 0 Å². The van der Waals surface area contributed by atoms with Crippen LogP contribution in [0.25, 0.3) is 58.8 Å². The third-order valence-corrected chi connectivity index (χ3v) is 10.7. The smallest absolute Gasteiger partial charge is 0.0561 e. The van der Waals surface area contributed by atoms with Gasteiger partial charge in [-0.2, -0.15) is 0 Å². The van der Waals surface area contributed by atoms with Gasteiger partial charge in [0.15, 0.2) is 0 Å². The first kappa shape index (κ1) is 27.2. The van der Waals surface area contributed by atoms with Crippen LogP contribution in [0.1, 0.15) is 0 Å². The topological polar surface area (TPSA) is 8.17 Å². The molecule has 9 aromatic rings. The monoisotopic (exact) mass is 670 g/mol. The third-order valence-electron chi connectivity index (χ3n) is 8.84. The van der Waals surface area contributed by atoms with Crippen molar-refractivity contribution in [3.63, 3.8) is 0 Å². The first-order valence-electron chi connectivity index (χ1n) is 15.4. The van der Waals surface area contributed by atoms with Crippen LogP contribution in [0.15, 0.2) is 168 Å². The van der Waals surface area contributed by atoms with E-state index in [1.807, 2.05) is 11.3 Å².